The van der Waals surface area contributed by atoms with E-state index in [1.807, 2.05) is 42.5 Å². The summed E-state index contributed by atoms with van der Waals surface area (Å²) in [6.45, 7) is 2.30. The molecule has 1 aromatic heterocycles. The fraction of sp³-hybridized carbons (Fsp3) is 0.222. The zero-order chi connectivity index (χ0) is 16.1. The summed E-state index contributed by atoms with van der Waals surface area (Å²) in [5, 5.41) is 5.11. The second kappa shape index (κ2) is 6.96. The van der Waals surface area contributed by atoms with Gasteiger partial charge in [0.15, 0.2) is 6.10 Å². The Morgan fingerprint density at radius 2 is 2.09 bits per heavy atom. The Hall–Kier alpha value is -2.82. The molecule has 2 N–H and O–H groups in total. The first-order chi connectivity index (χ1) is 11.2. The number of hydrogen-bond donors (Lipinski definition) is 2. The monoisotopic (exact) mass is 309 g/mol. The molecule has 0 spiro atoms. The highest BCUT2D eigenvalue weighted by molar-refractivity contribution is 5.84. The SMILES string of the molecule is CC(Oc1ccc2ccccc2c1)C(=O)NCCc1cnc[nH]1. The van der Waals surface area contributed by atoms with E-state index >= 15 is 0 Å². The number of carbonyl (C=O) groups is 1. The van der Waals surface area contributed by atoms with Gasteiger partial charge in [0.2, 0.25) is 0 Å². The average molecular weight is 309 g/mol. The van der Waals surface area contributed by atoms with Gasteiger partial charge in [-0.05, 0) is 29.8 Å². The molecular weight excluding hydrogens is 290 g/mol. The molecule has 3 rings (SSSR count). The van der Waals surface area contributed by atoms with E-state index in [0.29, 0.717) is 18.7 Å². The van der Waals surface area contributed by atoms with Crippen LogP contribution in [0.25, 0.3) is 10.8 Å². The number of H-pyrrole nitrogens is 1. The lowest BCUT2D eigenvalue weighted by Crippen LogP contribution is -2.37. The van der Waals surface area contributed by atoms with E-state index in [1.165, 1.54) is 0 Å². The van der Waals surface area contributed by atoms with Gasteiger partial charge in [-0.3, -0.25) is 4.79 Å². The largest absolute Gasteiger partial charge is 0.481 e. The van der Waals surface area contributed by atoms with Gasteiger partial charge in [0.25, 0.3) is 5.91 Å². The number of ether oxygens (including phenoxy) is 1. The van der Waals surface area contributed by atoms with Crippen molar-refractivity contribution in [1.29, 1.82) is 0 Å². The van der Waals surface area contributed by atoms with Crippen molar-refractivity contribution in [3.63, 3.8) is 0 Å². The van der Waals surface area contributed by atoms with Crippen LogP contribution in [0.2, 0.25) is 0 Å². The van der Waals surface area contributed by atoms with Gasteiger partial charge in [0.1, 0.15) is 5.75 Å². The maximum atomic E-state index is 12.1. The number of nitrogens with zero attached hydrogens (tertiary/aromatic N) is 1. The number of nitrogens with one attached hydrogen (secondary N) is 2. The Labute approximate surface area is 134 Å². The van der Waals surface area contributed by atoms with E-state index in [0.717, 1.165) is 16.5 Å². The van der Waals surface area contributed by atoms with Crippen LogP contribution in [-0.2, 0) is 11.2 Å². The molecule has 118 valence electrons. The first-order valence-electron chi connectivity index (χ1n) is 7.63. The summed E-state index contributed by atoms with van der Waals surface area (Å²) in [4.78, 5) is 19.0. The van der Waals surface area contributed by atoms with Crippen LogP contribution < -0.4 is 10.1 Å². The number of imidazole rings is 1. The van der Waals surface area contributed by atoms with Crippen molar-refractivity contribution in [2.45, 2.75) is 19.4 Å². The molecule has 5 heteroatoms. The molecule has 1 amide bonds. The molecule has 3 aromatic rings. The Morgan fingerprint density at radius 1 is 1.26 bits per heavy atom. The summed E-state index contributed by atoms with van der Waals surface area (Å²) in [6, 6.07) is 13.9. The number of fused-ring (bicyclic) bond motifs is 1. The van der Waals surface area contributed by atoms with Crippen molar-refractivity contribution in [3.05, 3.63) is 60.7 Å². The second-order valence-electron chi connectivity index (χ2n) is 5.39. The molecule has 0 aliphatic carbocycles. The van der Waals surface area contributed by atoms with Crippen LogP contribution in [0.1, 0.15) is 12.6 Å². The molecule has 1 atom stereocenters. The Bertz CT molecular complexity index is 784. The number of hydrogen-bond acceptors (Lipinski definition) is 3. The van der Waals surface area contributed by atoms with Crippen molar-refractivity contribution in [2.75, 3.05) is 6.54 Å². The summed E-state index contributed by atoms with van der Waals surface area (Å²) in [5.41, 5.74) is 0.994. The van der Waals surface area contributed by atoms with E-state index in [-0.39, 0.29) is 5.91 Å². The average Bonchev–Trinajstić information content (AvgIpc) is 3.08. The third kappa shape index (κ3) is 3.88. The zero-order valence-corrected chi connectivity index (χ0v) is 13.0. The molecule has 0 bridgehead atoms. The van der Waals surface area contributed by atoms with Crippen molar-refractivity contribution >= 4 is 16.7 Å². The van der Waals surface area contributed by atoms with E-state index in [2.05, 4.69) is 15.3 Å². The molecule has 0 radical (unpaired) electrons. The van der Waals surface area contributed by atoms with Gasteiger partial charge >= 0.3 is 0 Å². The highest BCUT2D eigenvalue weighted by Gasteiger charge is 2.14. The highest BCUT2D eigenvalue weighted by atomic mass is 16.5. The third-order valence-electron chi connectivity index (χ3n) is 3.65. The molecule has 2 aromatic carbocycles. The number of aromatic nitrogens is 2. The molecule has 0 fully saturated rings. The van der Waals surface area contributed by atoms with Crippen molar-refractivity contribution in [3.8, 4) is 5.75 Å². The number of carbonyl (C=O) groups excluding carboxylic acids is 1. The molecule has 0 saturated heterocycles. The molecule has 0 aliphatic heterocycles. The quantitative estimate of drug-likeness (QED) is 0.735. The zero-order valence-electron chi connectivity index (χ0n) is 13.0. The standard InChI is InChI=1S/C18H19N3O2/c1-13(18(22)20-9-8-16-11-19-12-21-16)23-17-7-6-14-4-2-3-5-15(14)10-17/h2-7,10-13H,8-9H2,1H3,(H,19,21)(H,20,22). The molecule has 1 unspecified atom stereocenters. The normalized spacial score (nSPS) is 12.0. The van der Waals surface area contributed by atoms with Gasteiger partial charge in [-0.1, -0.05) is 30.3 Å². The van der Waals surface area contributed by atoms with Crippen LogP contribution in [0.4, 0.5) is 0 Å². The van der Waals surface area contributed by atoms with Gasteiger partial charge in [-0.15, -0.1) is 0 Å². The fourth-order valence-corrected chi connectivity index (χ4v) is 2.38. The maximum absolute atomic E-state index is 12.1. The number of amides is 1. The van der Waals surface area contributed by atoms with Gasteiger partial charge in [-0.2, -0.15) is 0 Å². The van der Waals surface area contributed by atoms with Gasteiger partial charge in [-0.25, -0.2) is 4.98 Å². The third-order valence-corrected chi connectivity index (χ3v) is 3.65. The molecule has 1 heterocycles. The van der Waals surface area contributed by atoms with Crippen molar-refractivity contribution in [2.24, 2.45) is 0 Å². The predicted molar refractivity (Wildman–Crippen MR) is 89.3 cm³/mol. The summed E-state index contributed by atoms with van der Waals surface area (Å²) in [7, 11) is 0. The molecule has 23 heavy (non-hydrogen) atoms. The highest BCUT2D eigenvalue weighted by Crippen LogP contribution is 2.21. The predicted octanol–water partition coefficient (Wildman–Crippen LogP) is 2.69. The smallest absolute Gasteiger partial charge is 0.260 e. The van der Waals surface area contributed by atoms with Crippen LogP contribution in [0.15, 0.2) is 55.0 Å². The summed E-state index contributed by atoms with van der Waals surface area (Å²) < 4.78 is 5.74. The minimum Gasteiger partial charge on any atom is -0.481 e. The van der Waals surface area contributed by atoms with Crippen molar-refractivity contribution < 1.29 is 9.53 Å². The van der Waals surface area contributed by atoms with Crippen LogP contribution in [-0.4, -0.2) is 28.5 Å². The molecule has 0 saturated carbocycles. The molecule has 0 aliphatic rings. The molecule has 5 nitrogen and oxygen atoms in total. The summed E-state index contributed by atoms with van der Waals surface area (Å²) in [6.07, 6.45) is 3.55. The topological polar surface area (TPSA) is 67.0 Å². The number of benzene rings is 2. The van der Waals surface area contributed by atoms with E-state index in [4.69, 9.17) is 4.74 Å². The van der Waals surface area contributed by atoms with Crippen LogP contribution >= 0.6 is 0 Å². The lowest BCUT2D eigenvalue weighted by atomic mass is 10.1. The second-order valence-corrected chi connectivity index (χ2v) is 5.39. The number of rotatable bonds is 6. The Balaban J connectivity index is 1.54. The lowest BCUT2D eigenvalue weighted by molar-refractivity contribution is -0.127. The summed E-state index contributed by atoms with van der Waals surface area (Å²) >= 11 is 0. The van der Waals surface area contributed by atoms with Gasteiger partial charge < -0.3 is 15.0 Å². The maximum Gasteiger partial charge on any atom is 0.260 e. The minimum absolute atomic E-state index is 0.127. The van der Waals surface area contributed by atoms with Crippen LogP contribution in [0.5, 0.6) is 5.75 Å². The van der Waals surface area contributed by atoms with E-state index in [1.54, 1.807) is 19.4 Å². The number of aromatic amines is 1. The van der Waals surface area contributed by atoms with Crippen LogP contribution in [0, 0.1) is 0 Å². The Morgan fingerprint density at radius 3 is 2.87 bits per heavy atom. The van der Waals surface area contributed by atoms with Crippen LogP contribution in [0.3, 0.4) is 0 Å². The summed E-state index contributed by atoms with van der Waals surface area (Å²) in [5.74, 6) is 0.567. The Kier molecular flexibility index (Phi) is 4.57. The first kappa shape index (κ1) is 15.1. The van der Waals surface area contributed by atoms with E-state index in [9.17, 15) is 4.79 Å². The minimum atomic E-state index is -0.544. The lowest BCUT2D eigenvalue weighted by Gasteiger charge is -2.15. The first-order valence-corrected chi connectivity index (χ1v) is 7.63. The van der Waals surface area contributed by atoms with Crippen molar-refractivity contribution in [1.82, 2.24) is 15.3 Å². The van der Waals surface area contributed by atoms with Gasteiger partial charge in [0, 0.05) is 24.9 Å². The molecular formula is C18H19N3O2. The fourth-order valence-electron chi connectivity index (χ4n) is 2.38. The van der Waals surface area contributed by atoms with E-state index < -0.39 is 6.10 Å². The van der Waals surface area contributed by atoms with Gasteiger partial charge in [0.05, 0.1) is 6.33 Å².